The Morgan fingerprint density at radius 3 is 0.659 bits per heavy atom. The number of hydrogen-bond acceptors (Lipinski definition) is 1. The second-order valence-electron chi connectivity index (χ2n) is 14.8. The number of rotatable bonds is 38. The number of aliphatic carboxylic acids is 1. The zero-order valence-corrected chi connectivity index (χ0v) is 31.0. The molecule has 0 radical (unpaired) electrons. The maximum atomic E-state index is 12.6. The van der Waals surface area contributed by atoms with Crippen LogP contribution in [-0.2, 0) is 4.79 Å². The lowest BCUT2D eigenvalue weighted by Gasteiger charge is -2.30. The van der Waals surface area contributed by atoms with E-state index in [1.807, 2.05) is 0 Å². The third-order valence-electron chi connectivity index (χ3n) is 10.5. The molecule has 0 spiro atoms. The monoisotopic (exact) mass is 621 g/mol. The summed E-state index contributed by atoms with van der Waals surface area (Å²) < 4.78 is 0. The van der Waals surface area contributed by atoms with Gasteiger partial charge < -0.3 is 5.11 Å². The summed E-state index contributed by atoms with van der Waals surface area (Å²) in [4.78, 5) is 12.6. The van der Waals surface area contributed by atoms with Crippen LogP contribution in [0.4, 0.5) is 0 Å². The third kappa shape index (κ3) is 28.9. The summed E-state index contributed by atoms with van der Waals surface area (Å²) in [5, 5.41) is 10.4. The zero-order chi connectivity index (χ0) is 32.2. The highest BCUT2D eigenvalue weighted by molar-refractivity contribution is 5.74. The van der Waals surface area contributed by atoms with E-state index < -0.39 is 11.4 Å². The number of unbranched alkanes of at least 4 members (excludes halogenated alkanes) is 31. The van der Waals surface area contributed by atoms with Crippen molar-refractivity contribution in [1.82, 2.24) is 0 Å². The molecule has 0 heterocycles. The molecule has 1 atom stereocenters. The van der Waals surface area contributed by atoms with Gasteiger partial charge in [0.05, 0.1) is 5.41 Å². The molecule has 0 aromatic rings. The first-order chi connectivity index (χ1) is 21.6. The maximum Gasteiger partial charge on any atom is 0.309 e. The molecule has 0 aromatic heterocycles. The summed E-state index contributed by atoms with van der Waals surface area (Å²) in [5.74, 6) is -0.496. The smallest absolute Gasteiger partial charge is 0.309 e. The van der Waals surface area contributed by atoms with Crippen molar-refractivity contribution in [3.63, 3.8) is 0 Å². The number of hydrogen-bond donors (Lipinski definition) is 1. The molecule has 0 aliphatic carbocycles. The van der Waals surface area contributed by atoms with Crippen molar-refractivity contribution in [2.45, 2.75) is 258 Å². The second kappa shape index (κ2) is 35.3. The average molecular weight is 621 g/mol. The Bertz CT molecular complexity index is 558. The maximum absolute atomic E-state index is 12.6. The van der Waals surface area contributed by atoms with Crippen molar-refractivity contribution < 1.29 is 9.90 Å². The van der Waals surface area contributed by atoms with E-state index in [0.29, 0.717) is 0 Å². The molecular weight excluding hydrogens is 536 g/mol. The fourth-order valence-corrected chi connectivity index (χ4v) is 7.26. The van der Waals surface area contributed by atoms with Crippen molar-refractivity contribution in [3.05, 3.63) is 0 Å². The lowest BCUT2D eigenvalue weighted by atomic mass is 9.74. The normalized spacial score (nSPS) is 13.0. The molecule has 0 rings (SSSR count). The van der Waals surface area contributed by atoms with E-state index in [-0.39, 0.29) is 0 Å². The number of carboxylic acids is 1. The highest BCUT2D eigenvalue weighted by atomic mass is 16.4. The minimum absolute atomic E-state index is 0.457. The van der Waals surface area contributed by atoms with Gasteiger partial charge in [0.25, 0.3) is 0 Å². The molecular formula is C42H84O2. The molecule has 264 valence electrons. The van der Waals surface area contributed by atoms with Crippen LogP contribution in [0.2, 0.25) is 0 Å². The first kappa shape index (κ1) is 43.5. The molecule has 0 aliphatic heterocycles. The van der Waals surface area contributed by atoms with Crippen LogP contribution < -0.4 is 0 Å². The molecule has 0 fully saturated rings. The van der Waals surface area contributed by atoms with Crippen LogP contribution in [0.3, 0.4) is 0 Å². The summed E-state index contributed by atoms with van der Waals surface area (Å²) in [5.41, 5.74) is -0.457. The molecule has 0 bridgehead atoms. The topological polar surface area (TPSA) is 37.3 Å². The molecule has 0 saturated carbocycles. The summed E-state index contributed by atoms with van der Waals surface area (Å²) in [6.45, 7) is 6.83. The molecule has 1 N–H and O–H groups in total. The van der Waals surface area contributed by atoms with E-state index in [1.54, 1.807) is 0 Å². The van der Waals surface area contributed by atoms with E-state index in [1.165, 1.54) is 199 Å². The van der Waals surface area contributed by atoms with Gasteiger partial charge in [0, 0.05) is 0 Å². The van der Waals surface area contributed by atoms with Gasteiger partial charge in [-0.3, -0.25) is 4.79 Å². The van der Waals surface area contributed by atoms with Crippen LogP contribution in [0.5, 0.6) is 0 Å². The van der Waals surface area contributed by atoms with Crippen LogP contribution >= 0.6 is 0 Å². The summed E-state index contributed by atoms with van der Waals surface area (Å²) in [6.07, 6.45) is 48.5. The third-order valence-corrected chi connectivity index (χ3v) is 10.5. The lowest BCUT2D eigenvalue weighted by molar-refractivity contribution is -0.150. The van der Waals surface area contributed by atoms with Crippen LogP contribution in [0.15, 0.2) is 0 Å². The number of carbonyl (C=O) groups is 1. The summed E-state index contributed by atoms with van der Waals surface area (Å²) in [6, 6.07) is 0. The van der Waals surface area contributed by atoms with Gasteiger partial charge >= 0.3 is 5.97 Å². The molecule has 0 aliphatic rings. The Hall–Kier alpha value is -0.530. The Morgan fingerprint density at radius 2 is 0.477 bits per heavy atom. The first-order valence-electron chi connectivity index (χ1n) is 20.9. The quantitative estimate of drug-likeness (QED) is 0.0697. The van der Waals surface area contributed by atoms with Gasteiger partial charge in [0.1, 0.15) is 0 Å². The van der Waals surface area contributed by atoms with Crippen LogP contribution in [0, 0.1) is 5.41 Å². The highest BCUT2D eigenvalue weighted by Crippen LogP contribution is 2.38. The first-order valence-corrected chi connectivity index (χ1v) is 20.9. The van der Waals surface area contributed by atoms with Gasteiger partial charge in [0.2, 0.25) is 0 Å². The second-order valence-corrected chi connectivity index (χ2v) is 14.8. The fourth-order valence-electron chi connectivity index (χ4n) is 7.26. The SMILES string of the molecule is CCCCCCCCCCCCCCCCCCC(CCCCCC)(CCCCCCCCCCCCCCCC)C(=O)O. The van der Waals surface area contributed by atoms with Gasteiger partial charge in [-0.05, 0) is 19.3 Å². The number of carboxylic acid groups (broad SMARTS) is 1. The van der Waals surface area contributed by atoms with Crippen molar-refractivity contribution in [2.75, 3.05) is 0 Å². The van der Waals surface area contributed by atoms with Crippen LogP contribution in [0.25, 0.3) is 0 Å². The van der Waals surface area contributed by atoms with Gasteiger partial charge in [0.15, 0.2) is 0 Å². The van der Waals surface area contributed by atoms with E-state index >= 15 is 0 Å². The van der Waals surface area contributed by atoms with E-state index in [0.717, 1.165) is 38.5 Å². The largest absolute Gasteiger partial charge is 0.481 e. The fraction of sp³-hybridized carbons (Fsp3) is 0.976. The Morgan fingerprint density at radius 1 is 0.318 bits per heavy atom. The van der Waals surface area contributed by atoms with Gasteiger partial charge in [-0.15, -0.1) is 0 Å². The standard InChI is InChI=1S/C42H84O2/c1-4-7-10-13-15-17-19-21-23-24-26-28-30-32-34-37-40-42(41(43)44,38-35-12-9-6-3)39-36-33-31-29-27-25-22-20-18-16-14-11-8-5-2/h4-40H2,1-3H3,(H,43,44). The van der Waals surface area contributed by atoms with E-state index in [9.17, 15) is 9.90 Å². The molecule has 1 unspecified atom stereocenters. The van der Waals surface area contributed by atoms with Crippen LogP contribution in [0.1, 0.15) is 258 Å². The van der Waals surface area contributed by atoms with Gasteiger partial charge in [-0.1, -0.05) is 239 Å². The molecule has 2 heteroatoms. The van der Waals surface area contributed by atoms with Crippen molar-refractivity contribution >= 4 is 5.97 Å². The minimum atomic E-state index is -0.496. The van der Waals surface area contributed by atoms with Crippen LogP contribution in [-0.4, -0.2) is 11.1 Å². The van der Waals surface area contributed by atoms with E-state index in [4.69, 9.17) is 0 Å². The average Bonchev–Trinajstić information content (AvgIpc) is 3.02. The van der Waals surface area contributed by atoms with Crippen molar-refractivity contribution in [2.24, 2.45) is 5.41 Å². The predicted molar refractivity (Wildman–Crippen MR) is 198 cm³/mol. The zero-order valence-electron chi connectivity index (χ0n) is 31.0. The van der Waals surface area contributed by atoms with Crippen molar-refractivity contribution in [3.8, 4) is 0 Å². The predicted octanol–water partition coefficient (Wildman–Crippen LogP) is 15.6. The minimum Gasteiger partial charge on any atom is -0.481 e. The summed E-state index contributed by atoms with van der Waals surface area (Å²) in [7, 11) is 0. The molecule has 0 aromatic carbocycles. The van der Waals surface area contributed by atoms with Gasteiger partial charge in [-0.2, -0.15) is 0 Å². The molecule has 44 heavy (non-hydrogen) atoms. The molecule has 2 nitrogen and oxygen atoms in total. The Balaban J connectivity index is 4.04. The van der Waals surface area contributed by atoms with Gasteiger partial charge in [-0.25, -0.2) is 0 Å². The lowest BCUT2D eigenvalue weighted by Crippen LogP contribution is -2.31. The van der Waals surface area contributed by atoms with Crippen molar-refractivity contribution in [1.29, 1.82) is 0 Å². The van der Waals surface area contributed by atoms with E-state index in [2.05, 4.69) is 20.8 Å². The Kier molecular flexibility index (Phi) is 34.9. The molecule has 0 saturated heterocycles. The molecule has 0 amide bonds. The highest BCUT2D eigenvalue weighted by Gasteiger charge is 2.36. The summed E-state index contributed by atoms with van der Waals surface area (Å²) >= 11 is 0. The Labute approximate surface area is 279 Å².